The van der Waals surface area contributed by atoms with Crippen LogP contribution in [0.1, 0.15) is 21.6 Å². The summed E-state index contributed by atoms with van der Waals surface area (Å²) in [5.74, 6) is -0.687. The number of aromatic nitrogens is 1. The van der Waals surface area contributed by atoms with Crippen molar-refractivity contribution in [3.63, 3.8) is 0 Å². The van der Waals surface area contributed by atoms with Gasteiger partial charge in [-0.25, -0.2) is 17.5 Å². The van der Waals surface area contributed by atoms with Crippen molar-refractivity contribution in [1.82, 2.24) is 15.0 Å². The van der Waals surface area contributed by atoms with E-state index in [2.05, 4.69) is 15.0 Å². The van der Waals surface area contributed by atoms with Crippen molar-refractivity contribution in [2.45, 2.75) is 18.4 Å². The van der Waals surface area contributed by atoms with E-state index in [0.717, 1.165) is 5.56 Å². The molecule has 0 unspecified atom stereocenters. The monoisotopic (exact) mass is 387 g/mol. The van der Waals surface area contributed by atoms with Crippen LogP contribution in [0.25, 0.3) is 10.9 Å². The Balaban J connectivity index is 1.75. The average molecular weight is 387 g/mol. The molecule has 0 radical (unpaired) electrons. The van der Waals surface area contributed by atoms with Crippen LogP contribution in [0.15, 0.2) is 53.4 Å². The molecule has 0 atom stereocenters. The molecule has 27 heavy (non-hydrogen) atoms. The van der Waals surface area contributed by atoms with E-state index in [-0.39, 0.29) is 23.2 Å². The molecule has 6 nitrogen and oxygen atoms in total. The van der Waals surface area contributed by atoms with Gasteiger partial charge in [-0.1, -0.05) is 12.1 Å². The van der Waals surface area contributed by atoms with Crippen LogP contribution in [0.5, 0.6) is 0 Å². The van der Waals surface area contributed by atoms with Crippen LogP contribution in [0.2, 0.25) is 0 Å². The summed E-state index contributed by atoms with van der Waals surface area (Å²) in [5, 5.41) is 3.46. The van der Waals surface area contributed by atoms with Gasteiger partial charge in [-0.05, 0) is 49.9 Å². The van der Waals surface area contributed by atoms with Crippen molar-refractivity contribution in [3.8, 4) is 0 Å². The fourth-order valence-electron chi connectivity index (χ4n) is 2.65. The SMILES string of the molecule is CNS(=O)(=O)c1ccc(CNC(=O)c2cc3ccc(F)cc3nc2C)cc1. The van der Waals surface area contributed by atoms with Crippen molar-refractivity contribution in [1.29, 1.82) is 0 Å². The lowest BCUT2D eigenvalue weighted by molar-refractivity contribution is 0.0950. The highest BCUT2D eigenvalue weighted by Gasteiger charge is 2.13. The molecule has 140 valence electrons. The highest BCUT2D eigenvalue weighted by Crippen LogP contribution is 2.18. The summed E-state index contributed by atoms with van der Waals surface area (Å²) in [7, 11) is -2.15. The lowest BCUT2D eigenvalue weighted by Crippen LogP contribution is -2.24. The third-order valence-corrected chi connectivity index (χ3v) is 5.60. The zero-order valence-electron chi connectivity index (χ0n) is 14.8. The first-order valence-electron chi connectivity index (χ1n) is 8.18. The summed E-state index contributed by atoms with van der Waals surface area (Å²) < 4.78 is 39.0. The predicted octanol–water partition coefficient (Wildman–Crippen LogP) is 2.52. The maximum Gasteiger partial charge on any atom is 0.253 e. The molecule has 0 spiro atoms. The fraction of sp³-hybridized carbons (Fsp3) is 0.158. The molecule has 3 rings (SSSR count). The summed E-state index contributed by atoms with van der Waals surface area (Å²) in [6.45, 7) is 1.93. The van der Waals surface area contributed by atoms with Crippen LogP contribution in [0.3, 0.4) is 0 Å². The fourth-order valence-corrected chi connectivity index (χ4v) is 3.38. The normalized spacial score (nSPS) is 11.5. The zero-order valence-corrected chi connectivity index (χ0v) is 15.6. The second kappa shape index (κ2) is 7.42. The van der Waals surface area contributed by atoms with Gasteiger partial charge in [-0.3, -0.25) is 9.78 Å². The molecular weight excluding hydrogens is 369 g/mol. The topological polar surface area (TPSA) is 88.2 Å². The Morgan fingerprint density at radius 2 is 1.81 bits per heavy atom. The highest BCUT2D eigenvalue weighted by atomic mass is 32.2. The van der Waals surface area contributed by atoms with Gasteiger partial charge in [0, 0.05) is 18.0 Å². The third-order valence-electron chi connectivity index (χ3n) is 4.17. The van der Waals surface area contributed by atoms with E-state index >= 15 is 0 Å². The van der Waals surface area contributed by atoms with Crippen LogP contribution < -0.4 is 10.0 Å². The molecule has 0 aliphatic carbocycles. The van der Waals surface area contributed by atoms with Gasteiger partial charge in [-0.2, -0.15) is 0 Å². The van der Waals surface area contributed by atoms with Gasteiger partial charge in [0.25, 0.3) is 5.91 Å². The van der Waals surface area contributed by atoms with Crippen LogP contribution >= 0.6 is 0 Å². The number of nitrogens with zero attached hydrogens (tertiary/aromatic N) is 1. The molecule has 1 amide bonds. The maximum atomic E-state index is 13.3. The second-order valence-electron chi connectivity index (χ2n) is 5.99. The molecule has 0 saturated carbocycles. The summed E-state index contributed by atoms with van der Waals surface area (Å²) in [6, 6.07) is 12.1. The van der Waals surface area contributed by atoms with E-state index in [0.29, 0.717) is 22.2 Å². The van der Waals surface area contributed by atoms with Crippen LogP contribution in [-0.4, -0.2) is 26.4 Å². The minimum atomic E-state index is -3.49. The van der Waals surface area contributed by atoms with Gasteiger partial charge >= 0.3 is 0 Å². The molecule has 0 bridgehead atoms. The van der Waals surface area contributed by atoms with Gasteiger partial charge in [-0.15, -0.1) is 0 Å². The van der Waals surface area contributed by atoms with E-state index in [4.69, 9.17) is 0 Å². The summed E-state index contributed by atoms with van der Waals surface area (Å²) in [6.07, 6.45) is 0. The van der Waals surface area contributed by atoms with E-state index in [1.54, 1.807) is 31.2 Å². The Hall–Kier alpha value is -2.84. The highest BCUT2D eigenvalue weighted by molar-refractivity contribution is 7.89. The number of sulfonamides is 1. The Morgan fingerprint density at radius 3 is 2.48 bits per heavy atom. The minimum absolute atomic E-state index is 0.155. The van der Waals surface area contributed by atoms with Crippen LogP contribution in [-0.2, 0) is 16.6 Å². The molecule has 0 fully saturated rings. The van der Waals surface area contributed by atoms with Crippen molar-refractivity contribution in [2.75, 3.05) is 7.05 Å². The Labute approximate surface area is 156 Å². The quantitative estimate of drug-likeness (QED) is 0.704. The number of nitrogens with one attached hydrogen (secondary N) is 2. The molecular formula is C19H18FN3O3S. The molecule has 2 aromatic carbocycles. The van der Waals surface area contributed by atoms with Gasteiger partial charge < -0.3 is 5.32 Å². The van der Waals surface area contributed by atoms with Gasteiger partial charge in [0.15, 0.2) is 0 Å². The van der Waals surface area contributed by atoms with Crippen molar-refractivity contribution >= 4 is 26.8 Å². The van der Waals surface area contributed by atoms with Gasteiger partial charge in [0.05, 0.1) is 21.7 Å². The number of carbonyl (C=O) groups is 1. The van der Waals surface area contributed by atoms with Crippen LogP contribution in [0.4, 0.5) is 4.39 Å². The van der Waals surface area contributed by atoms with Crippen molar-refractivity contribution < 1.29 is 17.6 Å². The smallest absolute Gasteiger partial charge is 0.253 e. The minimum Gasteiger partial charge on any atom is -0.348 e. The van der Waals surface area contributed by atoms with E-state index in [1.165, 1.54) is 31.3 Å². The van der Waals surface area contributed by atoms with Crippen LogP contribution in [0, 0.1) is 12.7 Å². The molecule has 0 saturated heterocycles. The van der Waals surface area contributed by atoms with Crippen molar-refractivity contribution in [3.05, 3.63) is 71.2 Å². The van der Waals surface area contributed by atoms with E-state index in [1.807, 2.05) is 0 Å². The lowest BCUT2D eigenvalue weighted by Gasteiger charge is -2.10. The Morgan fingerprint density at radius 1 is 1.11 bits per heavy atom. The number of aryl methyl sites for hydroxylation is 1. The number of amides is 1. The Bertz CT molecular complexity index is 1110. The standard InChI is InChI=1S/C19H18FN3O3S/c1-12-17(9-14-5-6-15(20)10-18(14)23-12)19(24)22-11-13-3-7-16(8-4-13)27(25,26)21-2/h3-10,21H,11H2,1-2H3,(H,22,24). The lowest BCUT2D eigenvalue weighted by atomic mass is 10.1. The average Bonchev–Trinajstić information content (AvgIpc) is 2.65. The summed E-state index contributed by atoms with van der Waals surface area (Å²) in [4.78, 5) is 16.9. The molecule has 1 heterocycles. The summed E-state index contributed by atoms with van der Waals surface area (Å²) in [5.41, 5.74) is 2.15. The number of hydrogen-bond acceptors (Lipinski definition) is 4. The van der Waals surface area contributed by atoms with E-state index in [9.17, 15) is 17.6 Å². The van der Waals surface area contributed by atoms with Gasteiger partial charge in [0.1, 0.15) is 5.82 Å². The molecule has 8 heteroatoms. The first-order chi connectivity index (χ1) is 12.8. The summed E-state index contributed by atoms with van der Waals surface area (Å²) >= 11 is 0. The van der Waals surface area contributed by atoms with E-state index < -0.39 is 10.0 Å². The number of pyridine rings is 1. The predicted molar refractivity (Wildman–Crippen MR) is 100 cm³/mol. The molecule has 3 aromatic rings. The van der Waals surface area contributed by atoms with Crippen molar-refractivity contribution in [2.24, 2.45) is 0 Å². The Kier molecular flexibility index (Phi) is 5.20. The largest absolute Gasteiger partial charge is 0.348 e. The number of halogens is 1. The third kappa shape index (κ3) is 4.12. The number of fused-ring (bicyclic) bond motifs is 1. The maximum absolute atomic E-state index is 13.3. The molecule has 0 aliphatic rings. The molecule has 2 N–H and O–H groups in total. The molecule has 0 aliphatic heterocycles. The number of carbonyl (C=O) groups excluding carboxylic acids is 1. The second-order valence-corrected chi connectivity index (χ2v) is 7.88. The first-order valence-corrected chi connectivity index (χ1v) is 9.66. The first kappa shape index (κ1) is 18.9. The molecule has 1 aromatic heterocycles. The van der Waals surface area contributed by atoms with Gasteiger partial charge in [0.2, 0.25) is 10.0 Å². The zero-order chi connectivity index (χ0) is 19.6. The number of benzene rings is 2. The number of hydrogen-bond donors (Lipinski definition) is 2. The number of rotatable bonds is 5.